The Kier molecular flexibility index (Phi) is 3.45. The van der Waals surface area contributed by atoms with Crippen molar-refractivity contribution in [3.05, 3.63) is 23.9 Å². The quantitative estimate of drug-likeness (QED) is 0.793. The van der Waals surface area contributed by atoms with Gasteiger partial charge in [0.15, 0.2) is 0 Å². The number of hydrogen-bond donors (Lipinski definition) is 1. The van der Waals surface area contributed by atoms with Crippen LogP contribution in [0.2, 0.25) is 0 Å². The van der Waals surface area contributed by atoms with Crippen molar-refractivity contribution in [1.29, 1.82) is 0 Å². The number of carboxylic acid groups (broad SMARTS) is 1. The zero-order valence-corrected chi connectivity index (χ0v) is 8.23. The number of ether oxygens (including phenoxy) is 1. The second-order valence-corrected chi connectivity index (χ2v) is 3.10. The number of nitrogens with zero attached hydrogens (tertiary/aromatic N) is 1. The lowest BCUT2D eigenvalue weighted by molar-refractivity contribution is -0.137. The summed E-state index contributed by atoms with van der Waals surface area (Å²) in [6.45, 7) is 1.83. The van der Waals surface area contributed by atoms with Gasteiger partial charge in [0.1, 0.15) is 0 Å². The molecule has 0 aliphatic rings. The smallest absolute Gasteiger partial charge is 0.304 e. The van der Waals surface area contributed by atoms with Crippen molar-refractivity contribution < 1.29 is 14.6 Å². The molecule has 0 amide bonds. The van der Waals surface area contributed by atoms with E-state index in [1.165, 1.54) is 7.11 Å². The summed E-state index contributed by atoms with van der Waals surface area (Å²) in [7, 11) is 1.54. The van der Waals surface area contributed by atoms with E-state index in [4.69, 9.17) is 9.84 Å². The number of rotatable bonds is 4. The summed E-state index contributed by atoms with van der Waals surface area (Å²) in [4.78, 5) is 14.6. The summed E-state index contributed by atoms with van der Waals surface area (Å²) in [5.74, 6) is -0.399. The molecule has 0 fully saturated rings. The van der Waals surface area contributed by atoms with Gasteiger partial charge in [-0.1, -0.05) is 13.0 Å². The number of aliphatic carboxylic acids is 1. The normalized spacial score (nSPS) is 12.1. The van der Waals surface area contributed by atoms with Crippen molar-refractivity contribution in [3.8, 4) is 5.88 Å². The predicted molar refractivity (Wildman–Crippen MR) is 51.5 cm³/mol. The molecular formula is C10H13NO3. The summed E-state index contributed by atoms with van der Waals surface area (Å²) in [6.07, 6.45) is 0.0835. The van der Waals surface area contributed by atoms with Gasteiger partial charge in [-0.05, 0) is 6.07 Å². The first kappa shape index (κ1) is 10.5. The standard InChI is InChI=1S/C10H13NO3/c1-7(6-10(12)13)8-4-3-5-9(11-8)14-2/h3-5,7H,6H2,1-2H3,(H,12,13). The Bertz CT molecular complexity index is 325. The number of carbonyl (C=O) groups is 1. The average Bonchev–Trinajstić information content (AvgIpc) is 2.17. The zero-order chi connectivity index (χ0) is 10.6. The molecule has 76 valence electrons. The maximum atomic E-state index is 10.5. The zero-order valence-electron chi connectivity index (χ0n) is 8.23. The Balaban J connectivity index is 2.78. The van der Waals surface area contributed by atoms with E-state index in [9.17, 15) is 4.79 Å². The van der Waals surface area contributed by atoms with Crippen LogP contribution in [0.25, 0.3) is 0 Å². The molecule has 1 aromatic rings. The first-order valence-electron chi connectivity index (χ1n) is 4.36. The van der Waals surface area contributed by atoms with E-state index >= 15 is 0 Å². The second-order valence-electron chi connectivity index (χ2n) is 3.10. The summed E-state index contributed by atoms with van der Waals surface area (Å²) >= 11 is 0. The minimum atomic E-state index is -0.817. The van der Waals surface area contributed by atoms with Crippen LogP contribution in [-0.2, 0) is 4.79 Å². The van der Waals surface area contributed by atoms with E-state index in [1.54, 1.807) is 18.2 Å². The third kappa shape index (κ3) is 2.73. The molecule has 0 aliphatic heterocycles. The number of hydrogen-bond acceptors (Lipinski definition) is 3. The van der Waals surface area contributed by atoms with E-state index in [2.05, 4.69) is 4.98 Å². The lowest BCUT2D eigenvalue weighted by atomic mass is 10.0. The van der Waals surface area contributed by atoms with Crippen molar-refractivity contribution in [2.75, 3.05) is 7.11 Å². The highest BCUT2D eigenvalue weighted by molar-refractivity contribution is 5.67. The van der Waals surface area contributed by atoms with Crippen LogP contribution in [0.15, 0.2) is 18.2 Å². The monoisotopic (exact) mass is 195 g/mol. The van der Waals surface area contributed by atoms with E-state index < -0.39 is 5.97 Å². The molecule has 0 spiro atoms. The van der Waals surface area contributed by atoms with Crippen LogP contribution in [0.4, 0.5) is 0 Å². The summed E-state index contributed by atoms with van der Waals surface area (Å²) in [6, 6.07) is 5.34. The van der Waals surface area contributed by atoms with Crippen molar-refractivity contribution >= 4 is 5.97 Å². The molecule has 0 bridgehead atoms. The van der Waals surface area contributed by atoms with Gasteiger partial charge in [-0.2, -0.15) is 0 Å². The van der Waals surface area contributed by atoms with Crippen molar-refractivity contribution in [1.82, 2.24) is 4.98 Å². The van der Waals surface area contributed by atoms with Gasteiger partial charge in [-0.3, -0.25) is 4.79 Å². The first-order chi connectivity index (χ1) is 6.63. The number of carboxylic acids is 1. The molecule has 0 aromatic carbocycles. The SMILES string of the molecule is COc1cccc(C(C)CC(=O)O)n1. The van der Waals surface area contributed by atoms with E-state index in [0.29, 0.717) is 5.88 Å². The number of pyridine rings is 1. The molecule has 1 aromatic heterocycles. The molecule has 1 N–H and O–H groups in total. The molecule has 1 atom stereocenters. The highest BCUT2D eigenvalue weighted by atomic mass is 16.5. The molecule has 4 heteroatoms. The van der Waals surface area contributed by atoms with Crippen LogP contribution < -0.4 is 4.74 Å². The first-order valence-corrected chi connectivity index (χ1v) is 4.36. The van der Waals surface area contributed by atoms with Gasteiger partial charge in [0.25, 0.3) is 0 Å². The van der Waals surface area contributed by atoms with Gasteiger partial charge in [0.2, 0.25) is 5.88 Å². The topological polar surface area (TPSA) is 59.4 Å². The molecule has 14 heavy (non-hydrogen) atoms. The van der Waals surface area contributed by atoms with Gasteiger partial charge >= 0.3 is 5.97 Å². The van der Waals surface area contributed by atoms with Crippen molar-refractivity contribution in [2.45, 2.75) is 19.3 Å². The third-order valence-corrected chi connectivity index (χ3v) is 1.94. The Hall–Kier alpha value is -1.58. The Morgan fingerprint density at radius 3 is 2.93 bits per heavy atom. The van der Waals surface area contributed by atoms with Gasteiger partial charge in [0, 0.05) is 17.7 Å². The van der Waals surface area contributed by atoms with Gasteiger partial charge in [0.05, 0.1) is 13.5 Å². The van der Waals surface area contributed by atoms with Gasteiger partial charge in [-0.25, -0.2) is 4.98 Å². The third-order valence-electron chi connectivity index (χ3n) is 1.94. The van der Waals surface area contributed by atoms with Gasteiger partial charge < -0.3 is 9.84 Å². The molecule has 1 heterocycles. The van der Waals surface area contributed by atoms with E-state index in [-0.39, 0.29) is 12.3 Å². The Morgan fingerprint density at radius 2 is 2.36 bits per heavy atom. The Labute approximate surface area is 82.5 Å². The molecule has 0 saturated carbocycles. The fourth-order valence-electron chi connectivity index (χ4n) is 1.19. The van der Waals surface area contributed by atoms with Crippen LogP contribution in [0.5, 0.6) is 5.88 Å². The van der Waals surface area contributed by atoms with Crippen LogP contribution in [0, 0.1) is 0 Å². The van der Waals surface area contributed by atoms with Crippen molar-refractivity contribution in [2.24, 2.45) is 0 Å². The molecule has 0 radical (unpaired) electrons. The molecule has 0 aliphatic carbocycles. The largest absolute Gasteiger partial charge is 0.481 e. The highest BCUT2D eigenvalue weighted by Gasteiger charge is 2.11. The highest BCUT2D eigenvalue weighted by Crippen LogP contribution is 2.18. The van der Waals surface area contributed by atoms with Gasteiger partial charge in [-0.15, -0.1) is 0 Å². The lowest BCUT2D eigenvalue weighted by Gasteiger charge is -2.08. The second kappa shape index (κ2) is 4.60. The minimum Gasteiger partial charge on any atom is -0.481 e. The summed E-state index contributed by atoms with van der Waals surface area (Å²) in [5, 5.41) is 8.61. The average molecular weight is 195 g/mol. The maximum absolute atomic E-state index is 10.5. The fourth-order valence-corrected chi connectivity index (χ4v) is 1.19. The molecular weight excluding hydrogens is 182 g/mol. The molecule has 0 saturated heterocycles. The summed E-state index contributed by atoms with van der Waals surface area (Å²) in [5.41, 5.74) is 0.742. The van der Waals surface area contributed by atoms with Crippen LogP contribution in [-0.4, -0.2) is 23.2 Å². The molecule has 4 nitrogen and oxygen atoms in total. The lowest BCUT2D eigenvalue weighted by Crippen LogP contribution is -2.05. The van der Waals surface area contributed by atoms with E-state index in [1.807, 2.05) is 6.92 Å². The van der Waals surface area contributed by atoms with Crippen LogP contribution in [0.1, 0.15) is 25.0 Å². The van der Waals surface area contributed by atoms with Crippen LogP contribution >= 0.6 is 0 Å². The summed E-state index contributed by atoms with van der Waals surface area (Å²) < 4.78 is 4.95. The van der Waals surface area contributed by atoms with Crippen LogP contribution in [0.3, 0.4) is 0 Å². The molecule has 1 unspecified atom stereocenters. The molecule has 1 rings (SSSR count). The number of aromatic nitrogens is 1. The minimum absolute atomic E-state index is 0.0835. The predicted octanol–water partition coefficient (Wildman–Crippen LogP) is 1.67. The Morgan fingerprint density at radius 1 is 1.64 bits per heavy atom. The maximum Gasteiger partial charge on any atom is 0.304 e. The van der Waals surface area contributed by atoms with Crippen molar-refractivity contribution in [3.63, 3.8) is 0 Å². The fraction of sp³-hybridized carbons (Fsp3) is 0.400. The number of methoxy groups -OCH3 is 1. The van der Waals surface area contributed by atoms with E-state index in [0.717, 1.165) is 5.69 Å².